The molecule has 5 nitrogen and oxygen atoms in total. The third kappa shape index (κ3) is 4.02. The second-order valence-corrected chi connectivity index (χ2v) is 8.75. The predicted octanol–water partition coefficient (Wildman–Crippen LogP) is 4.08. The fraction of sp³-hybridized carbons (Fsp3) is 0.316. The van der Waals surface area contributed by atoms with Crippen molar-refractivity contribution in [3.05, 3.63) is 58.6 Å². The maximum Gasteiger partial charge on any atom is 0.255 e. The number of anilines is 2. The third-order valence-corrected chi connectivity index (χ3v) is 6.55. The Bertz CT molecular complexity index is 911. The molecule has 1 N–H and O–H groups in total. The lowest BCUT2D eigenvalue weighted by Crippen LogP contribution is -2.37. The molecule has 0 bridgehead atoms. The van der Waals surface area contributed by atoms with E-state index in [-0.39, 0.29) is 11.7 Å². The summed E-state index contributed by atoms with van der Waals surface area (Å²) in [6.45, 7) is 2.33. The zero-order valence-electron chi connectivity index (χ0n) is 14.5. The van der Waals surface area contributed by atoms with E-state index in [1.165, 1.54) is 4.31 Å². The van der Waals surface area contributed by atoms with Crippen LogP contribution >= 0.6 is 11.6 Å². The molecule has 26 heavy (non-hydrogen) atoms. The highest BCUT2D eigenvalue weighted by molar-refractivity contribution is 7.92. The molecule has 0 aromatic heterocycles. The maximum atomic E-state index is 12.6. The molecule has 0 aliphatic carbocycles. The lowest BCUT2D eigenvalue weighted by molar-refractivity contribution is 0.102. The van der Waals surface area contributed by atoms with Gasteiger partial charge in [-0.1, -0.05) is 24.6 Å². The lowest BCUT2D eigenvalue weighted by Gasteiger charge is -2.31. The number of fused-ring (bicyclic) bond motifs is 1. The van der Waals surface area contributed by atoms with Crippen molar-refractivity contribution in [1.29, 1.82) is 0 Å². The Balaban J connectivity index is 1.87. The van der Waals surface area contributed by atoms with Crippen LogP contribution in [-0.4, -0.2) is 26.6 Å². The van der Waals surface area contributed by atoms with Gasteiger partial charge in [0.25, 0.3) is 5.91 Å². The van der Waals surface area contributed by atoms with E-state index in [0.717, 1.165) is 18.4 Å². The van der Waals surface area contributed by atoms with Crippen LogP contribution in [0.2, 0.25) is 5.02 Å². The Morgan fingerprint density at radius 3 is 2.62 bits per heavy atom. The molecule has 1 aliphatic heterocycles. The van der Waals surface area contributed by atoms with Crippen LogP contribution in [0.4, 0.5) is 11.4 Å². The molecule has 2 aromatic rings. The van der Waals surface area contributed by atoms with Gasteiger partial charge in [-0.2, -0.15) is 0 Å². The van der Waals surface area contributed by atoms with E-state index in [9.17, 15) is 13.2 Å². The first-order chi connectivity index (χ1) is 12.4. The molecule has 1 aliphatic rings. The monoisotopic (exact) mass is 392 g/mol. The number of aryl methyl sites for hydroxylation is 1. The molecule has 0 saturated carbocycles. The highest BCUT2D eigenvalue weighted by Gasteiger charge is 2.27. The number of hydrogen-bond acceptors (Lipinski definition) is 3. The second-order valence-electron chi connectivity index (χ2n) is 6.30. The SMILES string of the molecule is CCCS(=O)(=O)N1CCCc2ccc(NC(=O)c3ccc(Cl)cc3)cc21. The number of nitrogens with one attached hydrogen (secondary N) is 1. The maximum absolute atomic E-state index is 12.6. The van der Waals surface area contributed by atoms with Crippen LogP contribution < -0.4 is 9.62 Å². The van der Waals surface area contributed by atoms with Crippen LogP contribution in [0.1, 0.15) is 35.7 Å². The molecule has 1 amide bonds. The molecule has 1 heterocycles. The molecular formula is C19H21ClN2O3S. The number of nitrogens with zero attached hydrogens (tertiary/aromatic N) is 1. The van der Waals surface area contributed by atoms with Crippen molar-refractivity contribution in [2.75, 3.05) is 21.9 Å². The topological polar surface area (TPSA) is 66.5 Å². The summed E-state index contributed by atoms with van der Waals surface area (Å²) in [5.74, 6) is -0.145. The highest BCUT2D eigenvalue weighted by Crippen LogP contribution is 2.32. The minimum atomic E-state index is -3.34. The number of benzene rings is 2. The van der Waals surface area contributed by atoms with Gasteiger partial charge >= 0.3 is 0 Å². The molecule has 138 valence electrons. The fourth-order valence-electron chi connectivity index (χ4n) is 3.08. The van der Waals surface area contributed by atoms with Gasteiger partial charge in [0.1, 0.15) is 0 Å². The van der Waals surface area contributed by atoms with Crippen LogP contribution in [0.25, 0.3) is 0 Å². The Labute approximate surface area is 159 Å². The Morgan fingerprint density at radius 1 is 1.19 bits per heavy atom. The molecule has 0 saturated heterocycles. The highest BCUT2D eigenvalue weighted by atomic mass is 35.5. The van der Waals surface area contributed by atoms with Crippen molar-refractivity contribution in [2.45, 2.75) is 26.2 Å². The van der Waals surface area contributed by atoms with E-state index >= 15 is 0 Å². The summed E-state index contributed by atoms with van der Waals surface area (Å²) in [5, 5.41) is 3.39. The number of hydrogen-bond donors (Lipinski definition) is 1. The summed E-state index contributed by atoms with van der Waals surface area (Å²) in [6, 6.07) is 12.0. The molecule has 0 spiro atoms. The van der Waals surface area contributed by atoms with Gasteiger partial charge in [0, 0.05) is 22.8 Å². The molecule has 2 aromatic carbocycles. The van der Waals surface area contributed by atoms with E-state index in [1.807, 2.05) is 19.1 Å². The van der Waals surface area contributed by atoms with Crippen molar-refractivity contribution < 1.29 is 13.2 Å². The average Bonchev–Trinajstić information content (AvgIpc) is 2.61. The molecule has 3 rings (SSSR count). The fourth-order valence-corrected chi connectivity index (χ4v) is 4.82. The first-order valence-electron chi connectivity index (χ1n) is 8.61. The van der Waals surface area contributed by atoms with Crippen molar-refractivity contribution in [1.82, 2.24) is 0 Å². The zero-order valence-corrected chi connectivity index (χ0v) is 16.1. The number of amides is 1. The van der Waals surface area contributed by atoms with E-state index in [0.29, 0.717) is 34.9 Å². The smallest absolute Gasteiger partial charge is 0.255 e. The minimum Gasteiger partial charge on any atom is -0.322 e. The van der Waals surface area contributed by atoms with Gasteiger partial charge in [0.2, 0.25) is 10.0 Å². The van der Waals surface area contributed by atoms with Gasteiger partial charge < -0.3 is 5.32 Å². The number of rotatable bonds is 5. The summed E-state index contributed by atoms with van der Waals surface area (Å²) < 4.78 is 26.6. The molecule has 0 radical (unpaired) electrons. The van der Waals surface area contributed by atoms with Crippen molar-refractivity contribution in [3.8, 4) is 0 Å². The number of carbonyl (C=O) groups is 1. The minimum absolute atomic E-state index is 0.119. The van der Waals surface area contributed by atoms with Gasteiger partial charge in [-0.05, 0) is 61.2 Å². The normalized spacial score (nSPS) is 14.0. The Morgan fingerprint density at radius 2 is 1.92 bits per heavy atom. The molecular weight excluding hydrogens is 372 g/mol. The van der Waals surface area contributed by atoms with Crippen LogP contribution in [-0.2, 0) is 16.4 Å². The first kappa shape index (κ1) is 18.7. The average molecular weight is 393 g/mol. The van der Waals surface area contributed by atoms with E-state index in [4.69, 9.17) is 11.6 Å². The van der Waals surface area contributed by atoms with Gasteiger partial charge in [-0.3, -0.25) is 9.10 Å². The summed E-state index contributed by atoms with van der Waals surface area (Å²) >= 11 is 5.85. The Hall–Kier alpha value is -2.05. The molecule has 0 fully saturated rings. The first-order valence-corrected chi connectivity index (χ1v) is 10.6. The van der Waals surface area contributed by atoms with Gasteiger partial charge in [-0.15, -0.1) is 0 Å². The van der Waals surface area contributed by atoms with Crippen molar-refractivity contribution in [3.63, 3.8) is 0 Å². The predicted molar refractivity (Wildman–Crippen MR) is 106 cm³/mol. The van der Waals surface area contributed by atoms with Gasteiger partial charge in [0.15, 0.2) is 0 Å². The second kappa shape index (κ2) is 7.68. The lowest BCUT2D eigenvalue weighted by atomic mass is 10.0. The Kier molecular flexibility index (Phi) is 5.53. The van der Waals surface area contributed by atoms with Crippen molar-refractivity contribution in [2.24, 2.45) is 0 Å². The summed E-state index contributed by atoms with van der Waals surface area (Å²) in [7, 11) is -3.34. The van der Waals surface area contributed by atoms with Crippen LogP contribution in [0.15, 0.2) is 42.5 Å². The van der Waals surface area contributed by atoms with Crippen LogP contribution in [0.5, 0.6) is 0 Å². The quantitative estimate of drug-likeness (QED) is 0.833. The number of carbonyl (C=O) groups excluding carboxylic acids is 1. The van der Waals surface area contributed by atoms with Crippen LogP contribution in [0, 0.1) is 0 Å². The third-order valence-electron chi connectivity index (χ3n) is 4.32. The van der Waals surface area contributed by atoms with Crippen molar-refractivity contribution >= 4 is 38.9 Å². The largest absolute Gasteiger partial charge is 0.322 e. The molecule has 0 atom stereocenters. The molecule has 0 unspecified atom stereocenters. The van der Waals surface area contributed by atoms with E-state index < -0.39 is 10.0 Å². The van der Waals surface area contributed by atoms with E-state index in [1.54, 1.807) is 30.3 Å². The summed E-state index contributed by atoms with van der Waals surface area (Å²) in [5.41, 5.74) is 2.71. The summed E-state index contributed by atoms with van der Waals surface area (Å²) in [4.78, 5) is 12.4. The van der Waals surface area contributed by atoms with Crippen LogP contribution in [0.3, 0.4) is 0 Å². The zero-order chi connectivity index (χ0) is 18.7. The molecule has 7 heteroatoms. The standard InChI is InChI=1S/C19H21ClN2O3S/c1-2-12-26(24,25)22-11-3-4-14-7-10-17(13-18(14)22)21-19(23)15-5-8-16(20)9-6-15/h5-10,13H,2-4,11-12H2,1H3,(H,21,23). The van der Waals surface area contributed by atoms with Gasteiger partial charge in [-0.25, -0.2) is 8.42 Å². The number of sulfonamides is 1. The number of halogens is 1. The van der Waals surface area contributed by atoms with Gasteiger partial charge in [0.05, 0.1) is 11.4 Å². The van der Waals surface area contributed by atoms with E-state index in [2.05, 4.69) is 5.32 Å². The summed E-state index contributed by atoms with van der Waals surface area (Å²) in [6.07, 6.45) is 2.20.